The quantitative estimate of drug-likeness (QED) is 0.756. The highest BCUT2D eigenvalue weighted by Gasteiger charge is 2.23. The Morgan fingerprint density at radius 2 is 1.83 bits per heavy atom. The molecule has 1 fully saturated rings. The van der Waals surface area contributed by atoms with Crippen molar-refractivity contribution in [2.45, 2.75) is 5.75 Å². The van der Waals surface area contributed by atoms with Gasteiger partial charge in [-0.15, -0.1) is 0 Å². The van der Waals surface area contributed by atoms with Crippen LogP contribution in [-0.2, 0) is 20.1 Å². The molecule has 0 radical (unpaired) electrons. The van der Waals surface area contributed by atoms with Gasteiger partial charge in [-0.1, -0.05) is 42.1 Å². The second-order valence-electron chi connectivity index (χ2n) is 3.97. The third kappa shape index (κ3) is 3.58. The van der Waals surface area contributed by atoms with Crippen LogP contribution >= 0.6 is 11.8 Å². The summed E-state index contributed by atoms with van der Waals surface area (Å²) in [5.41, 5.74) is 1.05. The summed E-state index contributed by atoms with van der Waals surface area (Å²) in [4.78, 5) is 25.1. The fraction of sp³-hybridized carbons (Fsp3) is 0.385. The maximum absolute atomic E-state index is 11.8. The van der Waals surface area contributed by atoms with E-state index in [1.165, 1.54) is 0 Å². The number of nitrogens with zero attached hydrogens (tertiary/aromatic N) is 1. The average molecular weight is 265 g/mol. The first kappa shape index (κ1) is 13.1. The first-order valence-corrected chi connectivity index (χ1v) is 6.83. The van der Waals surface area contributed by atoms with E-state index in [-0.39, 0.29) is 5.12 Å². The summed E-state index contributed by atoms with van der Waals surface area (Å²) in [5.74, 6) is 0.134. The van der Waals surface area contributed by atoms with Gasteiger partial charge in [-0.05, 0) is 5.56 Å². The second-order valence-corrected chi connectivity index (χ2v) is 4.91. The largest absolute Gasteiger partial charge is 0.378 e. The minimum Gasteiger partial charge on any atom is -0.378 e. The number of carbonyl (C=O) groups excluding carboxylic acids is 2. The van der Waals surface area contributed by atoms with Crippen LogP contribution in [0.4, 0.5) is 0 Å². The molecule has 0 unspecified atom stereocenters. The van der Waals surface area contributed by atoms with Crippen molar-refractivity contribution in [3.63, 3.8) is 0 Å². The van der Waals surface area contributed by atoms with E-state index in [1.807, 2.05) is 30.3 Å². The summed E-state index contributed by atoms with van der Waals surface area (Å²) in [6, 6.07) is 9.65. The molecule has 1 aliphatic heterocycles. The molecule has 0 saturated carbocycles. The van der Waals surface area contributed by atoms with Crippen molar-refractivity contribution in [2.24, 2.45) is 0 Å². The number of rotatable bonds is 2. The van der Waals surface area contributed by atoms with Gasteiger partial charge < -0.3 is 9.64 Å². The highest BCUT2D eigenvalue weighted by atomic mass is 32.2. The van der Waals surface area contributed by atoms with Crippen LogP contribution in [0.15, 0.2) is 30.3 Å². The van der Waals surface area contributed by atoms with Crippen LogP contribution < -0.4 is 0 Å². The van der Waals surface area contributed by atoms with Gasteiger partial charge in [-0.25, -0.2) is 0 Å². The standard InChI is InChI=1S/C13H15NO3S/c15-12(14-6-8-17-9-7-14)13(16)18-10-11-4-2-1-3-5-11/h1-5H,6-10H2. The lowest BCUT2D eigenvalue weighted by Crippen LogP contribution is -2.43. The molecule has 2 rings (SSSR count). The molecule has 0 aromatic heterocycles. The Labute approximate surface area is 110 Å². The molecule has 18 heavy (non-hydrogen) atoms. The second kappa shape index (κ2) is 6.56. The van der Waals surface area contributed by atoms with E-state index in [2.05, 4.69) is 0 Å². The van der Waals surface area contributed by atoms with Crippen LogP contribution in [0.3, 0.4) is 0 Å². The topological polar surface area (TPSA) is 46.6 Å². The number of carbonyl (C=O) groups is 2. The number of thioether (sulfide) groups is 1. The number of morpholine rings is 1. The molecule has 1 aromatic carbocycles. The molecule has 5 heteroatoms. The number of amides is 1. The molecule has 0 N–H and O–H groups in total. The van der Waals surface area contributed by atoms with Gasteiger partial charge in [0.2, 0.25) is 0 Å². The molecule has 0 atom stereocenters. The fourth-order valence-electron chi connectivity index (χ4n) is 1.68. The Morgan fingerprint density at radius 3 is 2.50 bits per heavy atom. The Kier molecular flexibility index (Phi) is 4.78. The lowest BCUT2D eigenvalue weighted by atomic mass is 10.2. The van der Waals surface area contributed by atoms with Crippen molar-refractivity contribution < 1.29 is 14.3 Å². The van der Waals surface area contributed by atoms with Crippen molar-refractivity contribution in [1.29, 1.82) is 0 Å². The van der Waals surface area contributed by atoms with Crippen LogP contribution in [0.25, 0.3) is 0 Å². The van der Waals surface area contributed by atoms with E-state index >= 15 is 0 Å². The lowest BCUT2D eigenvalue weighted by Gasteiger charge is -2.25. The van der Waals surface area contributed by atoms with Crippen LogP contribution in [0.2, 0.25) is 0 Å². The van der Waals surface area contributed by atoms with Crippen LogP contribution in [-0.4, -0.2) is 42.2 Å². The molecule has 1 aromatic rings. The zero-order valence-corrected chi connectivity index (χ0v) is 10.8. The Morgan fingerprint density at radius 1 is 1.17 bits per heavy atom. The molecule has 0 bridgehead atoms. The minimum absolute atomic E-state index is 0.388. The predicted molar refractivity (Wildman–Crippen MR) is 70.1 cm³/mol. The Bertz CT molecular complexity index is 416. The zero-order valence-electron chi connectivity index (χ0n) is 10.0. The van der Waals surface area contributed by atoms with Crippen molar-refractivity contribution >= 4 is 22.8 Å². The summed E-state index contributed by atoms with van der Waals surface area (Å²) < 4.78 is 5.15. The maximum Gasteiger partial charge on any atom is 0.301 e. The Balaban J connectivity index is 1.82. The third-order valence-corrected chi connectivity index (χ3v) is 3.60. The van der Waals surface area contributed by atoms with E-state index in [4.69, 9.17) is 4.74 Å². The van der Waals surface area contributed by atoms with Crippen LogP contribution in [0.5, 0.6) is 0 Å². The highest BCUT2D eigenvalue weighted by Crippen LogP contribution is 2.14. The number of benzene rings is 1. The molecule has 4 nitrogen and oxygen atoms in total. The Hall–Kier alpha value is -1.33. The molecule has 96 valence electrons. The van der Waals surface area contributed by atoms with Gasteiger partial charge in [0.1, 0.15) is 0 Å². The van der Waals surface area contributed by atoms with Crippen molar-refractivity contribution in [3.8, 4) is 0 Å². The van der Waals surface area contributed by atoms with E-state index in [9.17, 15) is 9.59 Å². The fourth-order valence-corrected chi connectivity index (χ4v) is 2.42. The smallest absolute Gasteiger partial charge is 0.301 e. The van der Waals surface area contributed by atoms with Gasteiger partial charge in [-0.3, -0.25) is 9.59 Å². The van der Waals surface area contributed by atoms with Crippen LogP contribution in [0.1, 0.15) is 5.56 Å². The summed E-state index contributed by atoms with van der Waals surface area (Å²) in [6.45, 7) is 2.05. The highest BCUT2D eigenvalue weighted by molar-refractivity contribution is 8.14. The maximum atomic E-state index is 11.8. The summed E-state index contributed by atoms with van der Waals surface area (Å²) in [6.07, 6.45) is 0. The van der Waals surface area contributed by atoms with Crippen molar-refractivity contribution in [2.75, 3.05) is 26.3 Å². The number of hydrogen-bond acceptors (Lipinski definition) is 4. The molecular weight excluding hydrogens is 250 g/mol. The van der Waals surface area contributed by atoms with Crippen LogP contribution in [0, 0.1) is 0 Å². The minimum atomic E-state index is -0.403. The molecular formula is C13H15NO3S. The normalized spacial score (nSPS) is 15.4. The average Bonchev–Trinajstić information content (AvgIpc) is 2.46. The molecule has 0 spiro atoms. The van der Waals surface area contributed by atoms with Gasteiger partial charge in [0.25, 0.3) is 5.12 Å². The predicted octanol–water partition coefficient (Wildman–Crippen LogP) is 1.31. The van der Waals surface area contributed by atoms with Gasteiger partial charge in [0.05, 0.1) is 13.2 Å². The molecule has 1 saturated heterocycles. The molecule has 1 heterocycles. The molecule has 0 aliphatic carbocycles. The van der Waals surface area contributed by atoms with Gasteiger partial charge in [0, 0.05) is 18.8 Å². The molecule has 1 aliphatic rings. The lowest BCUT2D eigenvalue weighted by molar-refractivity contribution is -0.143. The summed E-state index contributed by atoms with van der Waals surface area (Å²) in [7, 11) is 0. The van der Waals surface area contributed by atoms with Crippen molar-refractivity contribution in [1.82, 2.24) is 4.90 Å². The van der Waals surface area contributed by atoms with E-state index in [1.54, 1.807) is 4.90 Å². The third-order valence-electron chi connectivity index (χ3n) is 2.69. The zero-order chi connectivity index (χ0) is 12.8. The molecule has 1 amide bonds. The van der Waals surface area contributed by atoms with E-state index in [0.717, 1.165) is 17.3 Å². The van der Waals surface area contributed by atoms with Gasteiger partial charge in [0.15, 0.2) is 0 Å². The van der Waals surface area contributed by atoms with E-state index in [0.29, 0.717) is 32.1 Å². The first-order chi connectivity index (χ1) is 8.77. The number of ether oxygens (including phenoxy) is 1. The van der Waals surface area contributed by atoms with E-state index < -0.39 is 5.91 Å². The number of hydrogen-bond donors (Lipinski definition) is 0. The van der Waals surface area contributed by atoms with Gasteiger partial charge in [-0.2, -0.15) is 0 Å². The first-order valence-electron chi connectivity index (χ1n) is 5.85. The monoisotopic (exact) mass is 265 g/mol. The SMILES string of the molecule is O=C(SCc1ccccc1)C(=O)N1CCOCC1. The van der Waals surface area contributed by atoms with Crippen molar-refractivity contribution in [3.05, 3.63) is 35.9 Å². The van der Waals surface area contributed by atoms with Gasteiger partial charge >= 0.3 is 5.91 Å². The summed E-state index contributed by atoms with van der Waals surface area (Å²) >= 11 is 1.06. The summed E-state index contributed by atoms with van der Waals surface area (Å²) in [5, 5.41) is -0.388.